The van der Waals surface area contributed by atoms with Crippen LogP contribution in [0.15, 0.2) is 4.99 Å². The van der Waals surface area contributed by atoms with E-state index in [0.717, 1.165) is 0 Å². The second-order valence-corrected chi connectivity index (χ2v) is 7.55. The van der Waals surface area contributed by atoms with Gasteiger partial charge in [0, 0.05) is 12.3 Å². The molecule has 0 aromatic heterocycles. The SMILES string of the molecule is CSCCC(NC(=O)CN)C(=O)NC(CS)C(=O)NC(CCCN=C(N)N)C(=O)O. The van der Waals surface area contributed by atoms with E-state index in [1.165, 1.54) is 11.8 Å². The van der Waals surface area contributed by atoms with Crippen molar-refractivity contribution in [3.63, 3.8) is 0 Å². The van der Waals surface area contributed by atoms with Crippen molar-refractivity contribution in [3.05, 3.63) is 0 Å². The minimum Gasteiger partial charge on any atom is -0.480 e. The molecule has 3 unspecified atom stereocenters. The molecule has 3 atom stereocenters. The Morgan fingerprint density at radius 1 is 1.03 bits per heavy atom. The van der Waals surface area contributed by atoms with Crippen LogP contribution < -0.4 is 33.2 Å². The smallest absolute Gasteiger partial charge is 0.326 e. The second-order valence-electron chi connectivity index (χ2n) is 6.20. The maximum absolute atomic E-state index is 12.5. The first-order valence-corrected chi connectivity index (χ1v) is 11.2. The van der Waals surface area contributed by atoms with Crippen LogP contribution in [0.3, 0.4) is 0 Å². The molecule has 0 heterocycles. The van der Waals surface area contributed by atoms with E-state index in [9.17, 15) is 24.3 Å². The third-order valence-electron chi connectivity index (χ3n) is 3.82. The fourth-order valence-electron chi connectivity index (χ4n) is 2.26. The molecule has 0 radical (unpaired) electrons. The van der Waals surface area contributed by atoms with Gasteiger partial charge in [-0.1, -0.05) is 0 Å². The summed E-state index contributed by atoms with van der Waals surface area (Å²) >= 11 is 5.55. The Balaban J connectivity index is 4.97. The van der Waals surface area contributed by atoms with Crippen molar-refractivity contribution in [2.75, 3.05) is 30.9 Å². The molecule has 14 heteroatoms. The van der Waals surface area contributed by atoms with Crippen molar-refractivity contribution in [1.29, 1.82) is 0 Å². The summed E-state index contributed by atoms with van der Waals surface area (Å²) in [5, 5.41) is 16.7. The molecule has 0 fully saturated rings. The number of nitrogens with zero attached hydrogens (tertiary/aromatic N) is 1. The highest BCUT2D eigenvalue weighted by atomic mass is 32.2. The lowest BCUT2D eigenvalue weighted by atomic mass is 10.1. The summed E-state index contributed by atoms with van der Waals surface area (Å²) in [5.41, 5.74) is 15.7. The topological polar surface area (TPSA) is 215 Å². The number of carboxylic acid groups (broad SMARTS) is 1. The Morgan fingerprint density at radius 2 is 1.63 bits per heavy atom. The molecule has 30 heavy (non-hydrogen) atoms. The van der Waals surface area contributed by atoms with Crippen molar-refractivity contribution in [2.45, 2.75) is 37.4 Å². The van der Waals surface area contributed by atoms with Crippen molar-refractivity contribution in [3.8, 4) is 0 Å². The van der Waals surface area contributed by atoms with Gasteiger partial charge in [0.25, 0.3) is 0 Å². The Bertz CT molecular complexity index is 617. The van der Waals surface area contributed by atoms with Crippen LogP contribution in [-0.2, 0) is 19.2 Å². The molecule has 0 saturated heterocycles. The van der Waals surface area contributed by atoms with Crippen LogP contribution in [0.25, 0.3) is 0 Å². The van der Waals surface area contributed by atoms with Gasteiger partial charge in [-0.05, 0) is 31.3 Å². The first-order chi connectivity index (χ1) is 14.2. The van der Waals surface area contributed by atoms with E-state index in [-0.39, 0.29) is 31.2 Å². The zero-order chi connectivity index (χ0) is 23.1. The molecular formula is C16H31N7O5S2. The van der Waals surface area contributed by atoms with Gasteiger partial charge in [-0.2, -0.15) is 24.4 Å². The third-order valence-corrected chi connectivity index (χ3v) is 4.83. The van der Waals surface area contributed by atoms with Gasteiger partial charge in [-0.25, -0.2) is 4.79 Å². The van der Waals surface area contributed by atoms with Gasteiger partial charge in [-0.15, -0.1) is 0 Å². The van der Waals surface area contributed by atoms with Crippen LogP contribution in [0.2, 0.25) is 0 Å². The Hall–Kier alpha value is -2.19. The number of carboxylic acids is 1. The van der Waals surface area contributed by atoms with E-state index in [2.05, 4.69) is 33.6 Å². The zero-order valence-electron chi connectivity index (χ0n) is 16.8. The van der Waals surface area contributed by atoms with Gasteiger partial charge in [0.05, 0.1) is 6.54 Å². The van der Waals surface area contributed by atoms with Crippen LogP contribution >= 0.6 is 24.4 Å². The van der Waals surface area contributed by atoms with Crippen LogP contribution in [0.4, 0.5) is 0 Å². The quantitative estimate of drug-likeness (QED) is 0.0542. The highest BCUT2D eigenvalue weighted by Crippen LogP contribution is 2.04. The Morgan fingerprint density at radius 3 is 2.13 bits per heavy atom. The van der Waals surface area contributed by atoms with Crippen LogP contribution in [0, 0.1) is 0 Å². The summed E-state index contributed by atoms with van der Waals surface area (Å²) in [4.78, 5) is 51.7. The number of thiol groups is 1. The minimum atomic E-state index is -1.23. The fraction of sp³-hybridized carbons (Fsp3) is 0.688. The van der Waals surface area contributed by atoms with Gasteiger partial charge < -0.3 is 38.3 Å². The maximum atomic E-state index is 12.5. The average molecular weight is 466 g/mol. The summed E-state index contributed by atoms with van der Waals surface area (Å²) in [6.45, 7) is -0.0631. The van der Waals surface area contributed by atoms with Crippen LogP contribution in [0.1, 0.15) is 19.3 Å². The number of hydrogen-bond acceptors (Lipinski definition) is 8. The first-order valence-electron chi connectivity index (χ1n) is 9.14. The molecule has 172 valence electrons. The van der Waals surface area contributed by atoms with E-state index in [1.807, 2.05) is 6.26 Å². The third kappa shape index (κ3) is 11.7. The number of carbonyl (C=O) groups excluding carboxylic acids is 3. The molecule has 3 amide bonds. The molecule has 0 aliphatic carbocycles. The molecule has 0 rings (SSSR count). The van der Waals surface area contributed by atoms with E-state index < -0.39 is 41.8 Å². The number of aliphatic carboxylic acids is 1. The Labute approximate surface area is 184 Å². The number of carbonyl (C=O) groups is 4. The minimum absolute atomic E-state index is 0.0714. The number of guanidine groups is 1. The Kier molecular flexibility index (Phi) is 14.5. The van der Waals surface area contributed by atoms with Crippen LogP contribution in [-0.4, -0.2) is 83.7 Å². The summed E-state index contributed by atoms with van der Waals surface area (Å²) in [6, 6.07) is -3.15. The summed E-state index contributed by atoms with van der Waals surface area (Å²) in [5.74, 6) is -2.61. The predicted molar refractivity (Wildman–Crippen MR) is 119 cm³/mol. The number of rotatable bonds is 15. The molecule has 0 saturated carbocycles. The van der Waals surface area contributed by atoms with Crippen molar-refractivity contribution in [1.82, 2.24) is 16.0 Å². The second kappa shape index (κ2) is 15.6. The number of nitrogens with one attached hydrogen (secondary N) is 3. The lowest BCUT2D eigenvalue weighted by Gasteiger charge is -2.23. The summed E-state index contributed by atoms with van der Waals surface area (Å²) < 4.78 is 0. The molecule has 0 aliphatic rings. The van der Waals surface area contributed by atoms with Gasteiger partial charge in [-0.3, -0.25) is 19.4 Å². The van der Waals surface area contributed by atoms with E-state index in [1.54, 1.807) is 0 Å². The lowest BCUT2D eigenvalue weighted by Crippen LogP contribution is -2.57. The molecule has 12 nitrogen and oxygen atoms in total. The largest absolute Gasteiger partial charge is 0.480 e. The standard InChI is InChI=1S/C16H31N7O5S2/c1-30-6-4-9(21-12(24)7-17)13(25)23-11(8-29)14(26)22-10(15(27)28)3-2-5-20-16(18)19/h9-11,29H,2-8,17H2,1H3,(H,21,24)(H,22,26)(H,23,25)(H,27,28)(H4,18,19,20). The van der Waals surface area contributed by atoms with Crippen molar-refractivity contribution < 1.29 is 24.3 Å². The molecule has 0 aliphatic heterocycles. The number of aliphatic imine (C=N–C) groups is 1. The number of nitrogens with two attached hydrogens (primary N) is 3. The van der Waals surface area contributed by atoms with E-state index >= 15 is 0 Å². The van der Waals surface area contributed by atoms with Crippen molar-refractivity contribution >= 4 is 54.0 Å². The molecule has 0 aromatic rings. The molecule has 0 spiro atoms. The normalized spacial score (nSPS) is 13.4. The summed E-state index contributed by atoms with van der Waals surface area (Å²) in [6.07, 6.45) is 2.61. The van der Waals surface area contributed by atoms with Crippen molar-refractivity contribution in [2.24, 2.45) is 22.2 Å². The molecular weight excluding hydrogens is 434 g/mol. The van der Waals surface area contributed by atoms with Gasteiger partial charge in [0.1, 0.15) is 18.1 Å². The van der Waals surface area contributed by atoms with Crippen LogP contribution in [0.5, 0.6) is 0 Å². The van der Waals surface area contributed by atoms with Gasteiger partial charge in [0.15, 0.2) is 5.96 Å². The maximum Gasteiger partial charge on any atom is 0.326 e. The monoisotopic (exact) mass is 465 g/mol. The summed E-state index contributed by atoms with van der Waals surface area (Å²) in [7, 11) is 0. The lowest BCUT2D eigenvalue weighted by molar-refractivity contribution is -0.142. The molecule has 0 aromatic carbocycles. The van der Waals surface area contributed by atoms with Gasteiger partial charge >= 0.3 is 5.97 Å². The number of amides is 3. The van der Waals surface area contributed by atoms with E-state index in [0.29, 0.717) is 18.6 Å². The predicted octanol–water partition coefficient (Wildman–Crippen LogP) is -2.78. The molecule has 0 bridgehead atoms. The van der Waals surface area contributed by atoms with E-state index in [4.69, 9.17) is 17.2 Å². The molecule has 10 N–H and O–H groups in total. The van der Waals surface area contributed by atoms with Gasteiger partial charge in [0.2, 0.25) is 17.7 Å². The first kappa shape index (κ1) is 27.8. The number of hydrogen-bond donors (Lipinski definition) is 8. The zero-order valence-corrected chi connectivity index (χ0v) is 18.5. The highest BCUT2D eigenvalue weighted by Gasteiger charge is 2.28. The average Bonchev–Trinajstić information content (AvgIpc) is 2.70. The highest BCUT2D eigenvalue weighted by molar-refractivity contribution is 7.98. The number of thioether (sulfide) groups is 1. The fourth-order valence-corrected chi connectivity index (χ4v) is 2.99.